The van der Waals surface area contributed by atoms with Crippen molar-refractivity contribution in [1.82, 2.24) is 20.0 Å². The Morgan fingerprint density at radius 1 is 1.37 bits per heavy atom. The average Bonchev–Trinajstić information content (AvgIpc) is 3.40. The molecule has 0 radical (unpaired) electrons. The van der Waals surface area contributed by atoms with Crippen LogP contribution in [-0.4, -0.2) is 53.9 Å². The van der Waals surface area contributed by atoms with Gasteiger partial charge in [0.2, 0.25) is 0 Å². The van der Waals surface area contributed by atoms with Crippen LogP contribution in [0.5, 0.6) is 0 Å². The average molecular weight is 421 g/mol. The number of aliphatic imine (C=N–C) groups is 1. The first kappa shape index (κ1) is 20.7. The second-order valence-electron chi connectivity index (χ2n) is 8.01. The van der Waals surface area contributed by atoms with Crippen LogP contribution in [0.3, 0.4) is 0 Å². The van der Waals surface area contributed by atoms with Crippen LogP contribution in [0.1, 0.15) is 35.6 Å². The summed E-state index contributed by atoms with van der Waals surface area (Å²) in [6.45, 7) is 2.46. The van der Waals surface area contributed by atoms with E-state index in [0.29, 0.717) is 26.2 Å². The molecule has 0 bridgehead atoms. The van der Waals surface area contributed by atoms with Crippen LogP contribution < -0.4 is 5.32 Å². The Bertz CT molecular complexity index is 919. The van der Waals surface area contributed by atoms with Crippen molar-refractivity contribution in [2.24, 2.45) is 12.0 Å². The van der Waals surface area contributed by atoms with E-state index in [0.717, 1.165) is 36.0 Å². The lowest BCUT2D eigenvalue weighted by molar-refractivity contribution is -0.137. The molecule has 1 saturated carbocycles. The summed E-state index contributed by atoms with van der Waals surface area (Å²) in [5.74, 6) is 0.741. The lowest BCUT2D eigenvalue weighted by atomic mass is 9.94. The van der Waals surface area contributed by atoms with Gasteiger partial charge in [-0.15, -0.1) is 0 Å². The van der Waals surface area contributed by atoms with Crippen molar-refractivity contribution in [3.8, 4) is 0 Å². The molecular formula is C21H26F3N5O. The summed E-state index contributed by atoms with van der Waals surface area (Å²) in [4.78, 5) is 6.53. The van der Waals surface area contributed by atoms with Gasteiger partial charge in [0.05, 0.1) is 24.9 Å². The van der Waals surface area contributed by atoms with Crippen molar-refractivity contribution < 1.29 is 17.9 Å². The van der Waals surface area contributed by atoms with E-state index in [4.69, 9.17) is 4.74 Å². The van der Waals surface area contributed by atoms with Crippen molar-refractivity contribution in [3.05, 3.63) is 53.3 Å². The Kier molecular flexibility index (Phi) is 5.48. The van der Waals surface area contributed by atoms with Gasteiger partial charge < -0.3 is 15.0 Å². The fourth-order valence-electron chi connectivity index (χ4n) is 3.97. The van der Waals surface area contributed by atoms with Gasteiger partial charge in [-0.25, -0.2) is 0 Å². The number of hydrogen-bond acceptors (Lipinski definition) is 3. The van der Waals surface area contributed by atoms with E-state index in [9.17, 15) is 13.2 Å². The lowest BCUT2D eigenvalue weighted by Gasteiger charge is -2.35. The molecule has 6 nitrogen and oxygen atoms in total. The Balaban J connectivity index is 1.42. The highest BCUT2D eigenvalue weighted by Crippen LogP contribution is 2.48. The fourth-order valence-corrected chi connectivity index (χ4v) is 3.97. The summed E-state index contributed by atoms with van der Waals surface area (Å²) in [7, 11) is 3.59. The number of alkyl halides is 3. The van der Waals surface area contributed by atoms with Crippen molar-refractivity contribution in [3.63, 3.8) is 0 Å². The van der Waals surface area contributed by atoms with Crippen LogP contribution in [0.4, 0.5) is 13.2 Å². The number of hydrogen-bond donors (Lipinski definition) is 1. The number of nitrogens with one attached hydrogen (secondary N) is 1. The summed E-state index contributed by atoms with van der Waals surface area (Å²) in [6.07, 6.45) is 1.04. The van der Waals surface area contributed by atoms with Crippen molar-refractivity contribution in [1.29, 1.82) is 0 Å². The first-order chi connectivity index (χ1) is 14.3. The van der Waals surface area contributed by atoms with E-state index >= 15 is 0 Å². The van der Waals surface area contributed by atoms with Gasteiger partial charge in [-0.1, -0.05) is 18.2 Å². The van der Waals surface area contributed by atoms with E-state index in [1.807, 2.05) is 13.2 Å². The minimum atomic E-state index is -4.33. The van der Waals surface area contributed by atoms with Crippen LogP contribution in [0.2, 0.25) is 0 Å². The quantitative estimate of drug-likeness (QED) is 0.609. The molecule has 1 aromatic heterocycles. The molecule has 1 aromatic carbocycles. The van der Waals surface area contributed by atoms with E-state index in [1.54, 1.807) is 24.0 Å². The number of rotatable bonds is 4. The summed E-state index contributed by atoms with van der Waals surface area (Å²) in [5, 5.41) is 7.60. The molecule has 1 aliphatic heterocycles. The summed E-state index contributed by atoms with van der Waals surface area (Å²) >= 11 is 0. The molecule has 1 N–H and O–H groups in total. The number of benzene rings is 1. The lowest BCUT2D eigenvalue weighted by Crippen LogP contribution is -2.49. The van der Waals surface area contributed by atoms with Crippen molar-refractivity contribution >= 4 is 5.96 Å². The normalized spacial score (nSPS) is 21.6. The Morgan fingerprint density at radius 3 is 2.80 bits per heavy atom. The largest absolute Gasteiger partial charge is 0.416 e. The van der Waals surface area contributed by atoms with Crippen LogP contribution in [0, 0.1) is 0 Å². The molecule has 2 aliphatic rings. The van der Waals surface area contributed by atoms with Gasteiger partial charge in [-0.3, -0.25) is 9.67 Å². The second-order valence-corrected chi connectivity index (χ2v) is 8.01. The smallest absolute Gasteiger partial charge is 0.370 e. The van der Waals surface area contributed by atoms with Crippen molar-refractivity contribution in [2.45, 2.75) is 30.5 Å². The maximum absolute atomic E-state index is 13.1. The number of aromatic nitrogens is 2. The second kappa shape index (κ2) is 7.94. The summed E-state index contributed by atoms with van der Waals surface area (Å²) < 4.78 is 47.0. The Morgan fingerprint density at radius 2 is 2.17 bits per heavy atom. The van der Waals surface area contributed by atoms with E-state index < -0.39 is 11.7 Å². The molecule has 30 heavy (non-hydrogen) atoms. The Labute approximate surface area is 173 Å². The fraction of sp³-hybridized carbons (Fsp3) is 0.524. The third kappa shape index (κ3) is 4.30. The minimum absolute atomic E-state index is 0.0932. The zero-order chi connectivity index (χ0) is 21.4. The molecule has 2 fully saturated rings. The third-order valence-corrected chi connectivity index (χ3v) is 5.92. The monoisotopic (exact) mass is 421 g/mol. The SMILES string of the molecule is CN=C(NCC1(c2cccc(C(F)(F)F)c2)CC1)N1CCOC(c2cnn(C)c2)C1. The molecule has 2 aromatic rings. The molecule has 1 atom stereocenters. The highest BCUT2D eigenvalue weighted by Gasteiger charge is 2.45. The molecule has 4 rings (SSSR count). The van der Waals surface area contributed by atoms with Crippen LogP contribution in [-0.2, 0) is 23.4 Å². The minimum Gasteiger partial charge on any atom is -0.370 e. The molecule has 162 valence electrons. The number of nitrogens with zero attached hydrogens (tertiary/aromatic N) is 4. The predicted octanol–water partition coefficient (Wildman–Crippen LogP) is 3.12. The van der Waals surface area contributed by atoms with Gasteiger partial charge in [0, 0.05) is 44.4 Å². The van der Waals surface area contributed by atoms with Gasteiger partial charge in [0.25, 0.3) is 0 Å². The summed E-state index contributed by atoms with van der Waals surface area (Å²) in [5.41, 5.74) is 0.880. The molecule has 1 unspecified atom stereocenters. The van der Waals surface area contributed by atoms with Gasteiger partial charge in [0.1, 0.15) is 6.10 Å². The van der Waals surface area contributed by atoms with Crippen LogP contribution in [0.25, 0.3) is 0 Å². The summed E-state index contributed by atoms with van der Waals surface area (Å²) in [6, 6.07) is 5.69. The zero-order valence-corrected chi connectivity index (χ0v) is 17.1. The maximum atomic E-state index is 13.1. The van der Waals surface area contributed by atoms with E-state index in [1.165, 1.54) is 12.1 Å². The molecule has 0 amide bonds. The van der Waals surface area contributed by atoms with E-state index in [2.05, 4.69) is 20.3 Å². The predicted molar refractivity (Wildman–Crippen MR) is 107 cm³/mol. The number of guanidine groups is 1. The molecule has 1 aliphatic carbocycles. The molecular weight excluding hydrogens is 395 g/mol. The topological polar surface area (TPSA) is 54.7 Å². The highest BCUT2D eigenvalue weighted by atomic mass is 19.4. The molecule has 2 heterocycles. The van der Waals surface area contributed by atoms with Gasteiger partial charge in [-0.05, 0) is 24.5 Å². The van der Waals surface area contributed by atoms with Crippen molar-refractivity contribution in [2.75, 3.05) is 33.3 Å². The maximum Gasteiger partial charge on any atom is 0.416 e. The van der Waals surface area contributed by atoms with Crippen LogP contribution in [0.15, 0.2) is 41.7 Å². The number of ether oxygens (including phenoxy) is 1. The third-order valence-electron chi connectivity index (χ3n) is 5.92. The first-order valence-electron chi connectivity index (χ1n) is 10.0. The molecule has 0 spiro atoms. The zero-order valence-electron chi connectivity index (χ0n) is 17.1. The van der Waals surface area contributed by atoms with Gasteiger partial charge in [-0.2, -0.15) is 18.3 Å². The Hall–Kier alpha value is -2.55. The number of halogens is 3. The van der Waals surface area contributed by atoms with Gasteiger partial charge >= 0.3 is 6.18 Å². The standard InChI is InChI=1S/C21H26F3N5O/c1-25-19(29-8-9-30-18(13-29)15-11-27-28(2)12-15)26-14-20(6-7-20)16-4-3-5-17(10-16)21(22,23)24/h3-5,10-12,18H,6-9,13-14H2,1-2H3,(H,25,26). The first-order valence-corrected chi connectivity index (χ1v) is 10.0. The van der Waals surface area contributed by atoms with Crippen LogP contribution >= 0.6 is 0 Å². The number of aryl methyl sites for hydroxylation is 1. The molecule has 1 saturated heterocycles. The van der Waals surface area contributed by atoms with E-state index in [-0.39, 0.29) is 11.5 Å². The molecule has 9 heteroatoms. The van der Waals surface area contributed by atoms with Gasteiger partial charge in [0.15, 0.2) is 5.96 Å². The highest BCUT2D eigenvalue weighted by molar-refractivity contribution is 5.80. The number of morpholine rings is 1.